The summed E-state index contributed by atoms with van der Waals surface area (Å²) >= 11 is 0. The number of hydrogen-bond acceptors (Lipinski definition) is 6. The van der Waals surface area contributed by atoms with Crippen LogP contribution in [0.25, 0.3) is 0 Å². The van der Waals surface area contributed by atoms with E-state index in [2.05, 4.69) is 0 Å². The molecule has 2 aromatic carbocycles. The maximum absolute atomic E-state index is 12.1. The van der Waals surface area contributed by atoms with Crippen molar-refractivity contribution in [1.82, 2.24) is 0 Å². The van der Waals surface area contributed by atoms with Gasteiger partial charge in [0.25, 0.3) is 11.4 Å². The van der Waals surface area contributed by atoms with Crippen LogP contribution in [0.1, 0.15) is 0 Å². The van der Waals surface area contributed by atoms with E-state index in [9.17, 15) is 29.8 Å². The highest BCUT2D eigenvalue weighted by Crippen LogP contribution is 2.28. The Morgan fingerprint density at radius 3 is 1.38 bits per heavy atom. The first-order valence-corrected chi connectivity index (χ1v) is 6.44. The summed E-state index contributed by atoms with van der Waals surface area (Å²) in [5.41, 5.74) is 4.92. The maximum atomic E-state index is 12.1. The predicted octanol–water partition coefficient (Wildman–Crippen LogP) is 1.65. The number of hydrogen-bond donors (Lipinski definition) is 1. The molecular formula is C14H10N4O6. The molecule has 10 heteroatoms. The third kappa shape index (κ3) is 3.32. The Balaban J connectivity index is 2.48. The standard InChI is InChI=1S/C14H10N4O6/c15-13(19)14(20)16(9-1-5-11(6-2-9)17(21)22)10-3-7-12(8-4-10)18(23)24/h1-8H,(H2,15,19). The first-order chi connectivity index (χ1) is 11.3. The van der Waals surface area contributed by atoms with Crippen LogP contribution in [0, 0.1) is 20.2 Å². The summed E-state index contributed by atoms with van der Waals surface area (Å²) in [6.45, 7) is 0. The van der Waals surface area contributed by atoms with Gasteiger partial charge in [0, 0.05) is 35.6 Å². The first-order valence-electron chi connectivity index (χ1n) is 6.44. The SMILES string of the molecule is NC(=O)C(=O)N(c1ccc([N+](=O)[O-])cc1)c1ccc([N+](=O)[O-])cc1. The second-order valence-corrected chi connectivity index (χ2v) is 4.55. The lowest BCUT2D eigenvalue weighted by Gasteiger charge is -2.21. The van der Waals surface area contributed by atoms with Crippen LogP contribution >= 0.6 is 0 Å². The monoisotopic (exact) mass is 330 g/mol. The van der Waals surface area contributed by atoms with Crippen molar-refractivity contribution in [3.63, 3.8) is 0 Å². The van der Waals surface area contributed by atoms with Crippen LogP contribution in [0.5, 0.6) is 0 Å². The van der Waals surface area contributed by atoms with Crippen molar-refractivity contribution in [3.8, 4) is 0 Å². The molecule has 0 heterocycles. The number of nitrogens with two attached hydrogens (primary N) is 1. The molecule has 0 aliphatic rings. The van der Waals surface area contributed by atoms with Gasteiger partial charge in [0.2, 0.25) is 0 Å². The van der Waals surface area contributed by atoms with Crippen LogP contribution in [-0.4, -0.2) is 21.7 Å². The van der Waals surface area contributed by atoms with E-state index in [0.717, 1.165) is 29.2 Å². The number of carbonyl (C=O) groups is 2. The Kier molecular flexibility index (Phi) is 4.50. The summed E-state index contributed by atoms with van der Waals surface area (Å²) in [7, 11) is 0. The maximum Gasteiger partial charge on any atom is 0.320 e. The molecule has 2 N–H and O–H groups in total. The van der Waals surface area contributed by atoms with Gasteiger partial charge in [-0.15, -0.1) is 0 Å². The minimum atomic E-state index is -1.24. The highest BCUT2D eigenvalue weighted by atomic mass is 16.6. The highest BCUT2D eigenvalue weighted by molar-refractivity contribution is 6.41. The minimum absolute atomic E-state index is 0.151. The fourth-order valence-electron chi connectivity index (χ4n) is 1.94. The number of nitro benzene ring substituents is 2. The van der Waals surface area contributed by atoms with Gasteiger partial charge in [0.05, 0.1) is 9.85 Å². The largest absolute Gasteiger partial charge is 0.361 e. The van der Waals surface area contributed by atoms with Gasteiger partial charge >= 0.3 is 11.8 Å². The summed E-state index contributed by atoms with van der Waals surface area (Å²) in [6, 6.07) is 9.68. The van der Waals surface area contributed by atoms with E-state index in [1.165, 1.54) is 24.3 Å². The third-order valence-electron chi connectivity index (χ3n) is 3.05. The van der Waals surface area contributed by atoms with Gasteiger partial charge in [-0.1, -0.05) is 0 Å². The van der Waals surface area contributed by atoms with Gasteiger partial charge in [-0.2, -0.15) is 0 Å². The molecule has 0 aromatic heterocycles. The molecule has 0 bridgehead atoms. The molecule has 0 saturated heterocycles. The molecule has 2 amide bonds. The normalized spacial score (nSPS) is 10.0. The lowest BCUT2D eigenvalue weighted by Crippen LogP contribution is -2.37. The quantitative estimate of drug-likeness (QED) is 0.511. The van der Waals surface area contributed by atoms with E-state index in [1.807, 2.05) is 0 Å². The fourth-order valence-corrected chi connectivity index (χ4v) is 1.94. The molecule has 0 unspecified atom stereocenters. The molecule has 2 aromatic rings. The van der Waals surface area contributed by atoms with E-state index in [-0.39, 0.29) is 22.7 Å². The zero-order valence-corrected chi connectivity index (χ0v) is 12.0. The molecule has 0 saturated carbocycles. The topological polar surface area (TPSA) is 150 Å². The van der Waals surface area contributed by atoms with Crippen LogP contribution < -0.4 is 10.6 Å². The van der Waals surface area contributed by atoms with Crippen LogP contribution in [0.2, 0.25) is 0 Å². The summed E-state index contributed by atoms with van der Waals surface area (Å²) in [4.78, 5) is 44.4. The molecule has 0 spiro atoms. The van der Waals surface area contributed by atoms with E-state index in [1.54, 1.807) is 0 Å². The number of non-ortho nitro benzene ring substituents is 2. The summed E-state index contributed by atoms with van der Waals surface area (Å²) in [6.07, 6.45) is 0. The van der Waals surface area contributed by atoms with Gasteiger partial charge in [-0.3, -0.25) is 34.7 Å². The van der Waals surface area contributed by atoms with Crippen LogP contribution in [0.3, 0.4) is 0 Å². The minimum Gasteiger partial charge on any atom is -0.361 e. The van der Waals surface area contributed by atoms with Gasteiger partial charge in [-0.25, -0.2) is 0 Å². The summed E-state index contributed by atoms with van der Waals surface area (Å²) in [5, 5.41) is 21.4. The first kappa shape index (κ1) is 16.5. The van der Waals surface area contributed by atoms with Crippen molar-refractivity contribution in [2.45, 2.75) is 0 Å². The molecule has 0 fully saturated rings. The second kappa shape index (κ2) is 6.52. The van der Waals surface area contributed by atoms with Crippen LogP contribution in [0.4, 0.5) is 22.7 Å². The molecule has 2 rings (SSSR count). The Morgan fingerprint density at radius 2 is 1.12 bits per heavy atom. The van der Waals surface area contributed by atoms with Crippen molar-refractivity contribution in [3.05, 3.63) is 68.8 Å². The number of benzene rings is 2. The van der Waals surface area contributed by atoms with E-state index in [0.29, 0.717) is 0 Å². The number of nitro groups is 2. The smallest absolute Gasteiger partial charge is 0.320 e. The third-order valence-corrected chi connectivity index (χ3v) is 3.05. The molecule has 122 valence electrons. The Labute approximate surface area is 134 Å². The highest BCUT2D eigenvalue weighted by Gasteiger charge is 2.24. The van der Waals surface area contributed by atoms with Gasteiger partial charge in [-0.05, 0) is 24.3 Å². The molecule has 0 atom stereocenters. The van der Waals surface area contributed by atoms with E-state index >= 15 is 0 Å². The van der Waals surface area contributed by atoms with Gasteiger partial charge < -0.3 is 5.73 Å². The van der Waals surface area contributed by atoms with Crippen molar-refractivity contribution in [2.75, 3.05) is 4.90 Å². The lowest BCUT2D eigenvalue weighted by molar-refractivity contribution is -0.385. The van der Waals surface area contributed by atoms with Gasteiger partial charge in [0.1, 0.15) is 0 Å². The molecule has 10 nitrogen and oxygen atoms in total. The lowest BCUT2D eigenvalue weighted by atomic mass is 10.2. The van der Waals surface area contributed by atoms with Gasteiger partial charge in [0.15, 0.2) is 0 Å². The van der Waals surface area contributed by atoms with Crippen molar-refractivity contribution in [2.24, 2.45) is 5.73 Å². The van der Waals surface area contributed by atoms with E-state index < -0.39 is 21.7 Å². The van der Waals surface area contributed by atoms with Crippen molar-refractivity contribution < 1.29 is 19.4 Å². The Morgan fingerprint density at radius 1 is 0.792 bits per heavy atom. The second-order valence-electron chi connectivity index (χ2n) is 4.55. The number of amides is 2. The van der Waals surface area contributed by atoms with Crippen molar-refractivity contribution in [1.29, 1.82) is 0 Å². The number of carbonyl (C=O) groups excluding carboxylic acids is 2. The zero-order chi connectivity index (χ0) is 17.9. The molecular weight excluding hydrogens is 320 g/mol. The number of primary amides is 1. The average molecular weight is 330 g/mol. The Bertz CT molecular complexity index is 759. The number of rotatable bonds is 4. The fraction of sp³-hybridized carbons (Fsp3) is 0. The summed E-state index contributed by atoms with van der Waals surface area (Å²) < 4.78 is 0. The molecule has 0 aliphatic heterocycles. The average Bonchev–Trinajstić information content (AvgIpc) is 2.55. The summed E-state index contributed by atoms with van der Waals surface area (Å²) in [5.74, 6) is -2.33. The molecule has 24 heavy (non-hydrogen) atoms. The molecule has 0 radical (unpaired) electrons. The zero-order valence-electron chi connectivity index (χ0n) is 12.0. The van der Waals surface area contributed by atoms with Crippen LogP contribution in [0.15, 0.2) is 48.5 Å². The molecule has 0 aliphatic carbocycles. The number of anilines is 2. The van der Waals surface area contributed by atoms with E-state index in [4.69, 9.17) is 5.73 Å². The number of nitrogens with zero attached hydrogens (tertiary/aromatic N) is 3. The Hall–Kier alpha value is -3.82. The van der Waals surface area contributed by atoms with Crippen molar-refractivity contribution >= 4 is 34.6 Å². The predicted molar refractivity (Wildman–Crippen MR) is 82.5 cm³/mol. The van der Waals surface area contributed by atoms with Crippen LogP contribution in [-0.2, 0) is 9.59 Å².